The van der Waals surface area contributed by atoms with Gasteiger partial charge >= 0.3 is 15.6 Å². The molecular formula is C37H40F2N12O14P2. The Kier molecular flexibility index (Phi) is 15.2. The zero-order valence-electron chi connectivity index (χ0n) is 35.0. The van der Waals surface area contributed by atoms with E-state index in [9.17, 15) is 38.8 Å². The largest absolute Gasteiger partial charge is 0.475 e. The third kappa shape index (κ3) is 10.9. The summed E-state index contributed by atoms with van der Waals surface area (Å²) in [5.41, 5.74) is -1.22. The smallest absolute Gasteiger partial charge is 0.394 e. The number of aromatic nitrogens is 8. The zero-order valence-corrected chi connectivity index (χ0v) is 36.8. The second kappa shape index (κ2) is 20.9. The average molecular weight is 977 g/mol. The fraction of sp³-hybridized carbons (Fsp3) is 0.459. The Labute approximate surface area is 376 Å². The van der Waals surface area contributed by atoms with E-state index in [1.165, 1.54) is 0 Å². The maximum atomic E-state index is 16.7. The zero-order chi connectivity index (χ0) is 48.0. The number of H-pyrrole nitrogens is 1. The van der Waals surface area contributed by atoms with Crippen molar-refractivity contribution in [3.05, 3.63) is 65.2 Å². The van der Waals surface area contributed by atoms with E-state index >= 15 is 8.78 Å². The Morgan fingerprint density at radius 1 is 0.881 bits per heavy atom. The number of aliphatic hydroxyl groups is 1. The molecule has 5 aromatic rings. The molecule has 0 bridgehead atoms. The average Bonchev–Trinajstić information content (AvgIpc) is 4.07. The summed E-state index contributed by atoms with van der Waals surface area (Å²) in [4.78, 5) is 71.6. The number of hydrogen-bond donors (Lipinski definition) is 5. The number of fused-ring (bicyclic) bond motifs is 2. The van der Waals surface area contributed by atoms with Crippen molar-refractivity contribution in [2.75, 3.05) is 37.1 Å². The molecule has 2 aliphatic rings. The van der Waals surface area contributed by atoms with Gasteiger partial charge in [0.15, 0.2) is 52.9 Å². The van der Waals surface area contributed by atoms with Crippen molar-refractivity contribution >= 4 is 61.6 Å². The molecule has 10 atom stereocenters. The molecule has 0 spiro atoms. The van der Waals surface area contributed by atoms with Crippen LogP contribution in [0.15, 0.2) is 54.1 Å². The molecule has 26 nitrogen and oxygen atoms in total. The van der Waals surface area contributed by atoms with Crippen LogP contribution < -0.4 is 16.2 Å². The van der Waals surface area contributed by atoms with Gasteiger partial charge in [0.05, 0.1) is 64.1 Å². The van der Waals surface area contributed by atoms with Crippen LogP contribution in [0.4, 0.5) is 20.5 Å². The molecule has 6 unspecified atom stereocenters. The van der Waals surface area contributed by atoms with Crippen LogP contribution in [0, 0.1) is 28.6 Å². The number of anilines is 2. The number of phosphoric acid groups is 2. The van der Waals surface area contributed by atoms with Gasteiger partial charge in [-0.3, -0.25) is 56.4 Å². The molecule has 2 amide bonds. The first-order chi connectivity index (χ1) is 32.1. The van der Waals surface area contributed by atoms with E-state index in [-0.39, 0.29) is 40.5 Å². The first kappa shape index (κ1) is 48.9. The molecule has 356 valence electrons. The number of amides is 2. The quantitative estimate of drug-likeness (QED) is 0.0552. The van der Waals surface area contributed by atoms with Gasteiger partial charge in [-0.2, -0.15) is 15.5 Å². The number of nitriles is 2. The standard InChI is InChI=1S/C37H40F2N12O14P2/c1-19(2)32(53)48-37-47-31-26(34(55)49-37)45-18-51(31)36-24(39)28(64-66(56,57)59-12-6-10-40)22(63-36)15-61-67(58,60-13-7-11-41)65-27-21(14-52)62-35(23(27)38)50-17-44-25-29(42-16-43-30(25)50)46-33(54)20-8-4-3-5-9-20/h3-5,8-9,16-19,21-24,27-28,35-36,52H,6-7,12-15H2,1-2H3,(H,56,57)(H,42,43,46,54)(H2,47,48,49,53,55)/t21?,22?,23-,24-,27-,28-,35?,36?,67?/m1/s1. The van der Waals surface area contributed by atoms with Gasteiger partial charge in [-0.15, -0.1) is 0 Å². The minimum absolute atomic E-state index is 0.0200. The van der Waals surface area contributed by atoms with E-state index in [0.29, 0.717) is 5.56 Å². The van der Waals surface area contributed by atoms with Gasteiger partial charge in [0.1, 0.15) is 30.7 Å². The topological polar surface area (TPSA) is 352 Å². The molecule has 2 fully saturated rings. The van der Waals surface area contributed by atoms with E-state index in [1.807, 2.05) is 0 Å². The highest BCUT2D eigenvalue weighted by molar-refractivity contribution is 7.48. The number of carbonyl (C=O) groups excluding carboxylic acids is 2. The summed E-state index contributed by atoms with van der Waals surface area (Å²) in [6.07, 6.45) is -13.5. The van der Waals surface area contributed by atoms with Crippen LogP contribution in [-0.4, -0.2) is 124 Å². The summed E-state index contributed by atoms with van der Waals surface area (Å²) in [5, 5.41) is 33.4. The number of nitrogens with zero attached hydrogens (tertiary/aromatic N) is 9. The third-order valence-electron chi connectivity index (χ3n) is 9.92. The van der Waals surface area contributed by atoms with Gasteiger partial charge in [-0.1, -0.05) is 32.0 Å². The van der Waals surface area contributed by atoms with E-state index in [1.54, 1.807) is 56.3 Å². The van der Waals surface area contributed by atoms with E-state index in [2.05, 4.69) is 40.5 Å². The fourth-order valence-corrected chi connectivity index (χ4v) is 9.04. The van der Waals surface area contributed by atoms with Crippen LogP contribution in [0.3, 0.4) is 0 Å². The number of halogens is 2. The number of carbonyl (C=O) groups is 2. The number of benzene rings is 1. The predicted octanol–water partition coefficient (Wildman–Crippen LogP) is 3.13. The van der Waals surface area contributed by atoms with Crippen molar-refractivity contribution in [3.8, 4) is 12.1 Å². The number of hydrogen-bond acceptors (Lipinski definition) is 20. The first-order valence-electron chi connectivity index (χ1n) is 20.1. The minimum Gasteiger partial charge on any atom is -0.394 e. The molecule has 0 radical (unpaired) electrons. The Morgan fingerprint density at radius 2 is 1.51 bits per heavy atom. The fourth-order valence-electron chi connectivity index (χ4n) is 6.71. The van der Waals surface area contributed by atoms with Crippen molar-refractivity contribution in [1.82, 2.24) is 39.0 Å². The lowest BCUT2D eigenvalue weighted by Crippen LogP contribution is -2.35. The van der Waals surface area contributed by atoms with Gasteiger partial charge in [-0.05, 0) is 12.1 Å². The number of imidazole rings is 2. The normalized spacial score (nSPS) is 24.6. The second-order valence-corrected chi connectivity index (χ2v) is 17.8. The van der Waals surface area contributed by atoms with Gasteiger partial charge < -0.3 is 24.8 Å². The molecule has 7 rings (SSSR count). The number of ether oxygens (including phenoxy) is 2. The number of rotatable bonds is 20. The van der Waals surface area contributed by atoms with Crippen LogP contribution in [0.2, 0.25) is 0 Å². The molecule has 5 N–H and O–H groups in total. The van der Waals surface area contributed by atoms with Crippen LogP contribution in [0.1, 0.15) is 49.5 Å². The molecule has 6 heterocycles. The highest BCUT2D eigenvalue weighted by atomic mass is 31.2. The summed E-state index contributed by atoms with van der Waals surface area (Å²) < 4.78 is 101. The summed E-state index contributed by atoms with van der Waals surface area (Å²) >= 11 is 0. The minimum atomic E-state index is -5.21. The van der Waals surface area contributed by atoms with Crippen molar-refractivity contribution in [2.45, 2.75) is 75.9 Å². The molecule has 4 aromatic heterocycles. The van der Waals surface area contributed by atoms with E-state index in [4.69, 9.17) is 37.4 Å². The number of aromatic amines is 1. The molecule has 1 aromatic carbocycles. The monoisotopic (exact) mass is 976 g/mol. The van der Waals surface area contributed by atoms with Gasteiger partial charge in [0, 0.05) is 11.5 Å². The lowest BCUT2D eigenvalue weighted by molar-refractivity contribution is -0.118. The highest BCUT2D eigenvalue weighted by Gasteiger charge is 2.54. The lowest BCUT2D eigenvalue weighted by atomic mass is 10.1. The molecule has 2 saturated heterocycles. The van der Waals surface area contributed by atoms with Gasteiger partial charge in [0.25, 0.3) is 11.5 Å². The summed E-state index contributed by atoms with van der Waals surface area (Å²) in [7, 11) is -10.4. The second-order valence-electron chi connectivity index (χ2n) is 14.8. The lowest BCUT2D eigenvalue weighted by Gasteiger charge is -2.26. The number of phosphoric ester groups is 2. The van der Waals surface area contributed by atoms with Crippen LogP contribution in [-0.2, 0) is 46.0 Å². The van der Waals surface area contributed by atoms with Gasteiger partial charge in [-0.25, -0.2) is 37.8 Å². The molecule has 67 heavy (non-hydrogen) atoms. The van der Waals surface area contributed by atoms with Crippen molar-refractivity contribution < 1.29 is 69.6 Å². The Balaban J connectivity index is 1.14. The Hall–Kier alpha value is -6.00. The van der Waals surface area contributed by atoms with Crippen LogP contribution in [0.5, 0.6) is 0 Å². The molecule has 30 heteroatoms. The molecular weight excluding hydrogens is 936 g/mol. The molecule has 0 saturated carbocycles. The highest BCUT2D eigenvalue weighted by Crippen LogP contribution is 2.55. The predicted molar refractivity (Wildman–Crippen MR) is 222 cm³/mol. The third-order valence-corrected chi connectivity index (χ3v) is 12.4. The number of nitrogens with one attached hydrogen (secondary N) is 3. The summed E-state index contributed by atoms with van der Waals surface area (Å²) in [5.74, 6) is -1.98. The van der Waals surface area contributed by atoms with Crippen molar-refractivity contribution in [3.63, 3.8) is 0 Å². The summed E-state index contributed by atoms with van der Waals surface area (Å²) in [6, 6.07) is 11.6. The van der Waals surface area contributed by atoms with Crippen molar-refractivity contribution in [2.24, 2.45) is 5.92 Å². The SMILES string of the molecule is CC(C)C(=O)Nc1nc2c(ncn2C2OC(COP(=O)(OCCC#N)O[C@@H]3C(CO)OC(n4cnc5c(NC(=O)c6ccccc6)ncnc54)[C@@H]3F)[C@@H](OP(=O)(O)OCCC#N)[C@H]2F)c(=O)[nH]1. The van der Waals surface area contributed by atoms with Crippen LogP contribution >= 0.6 is 15.6 Å². The Bertz CT molecular complexity index is 2840. The maximum absolute atomic E-state index is 16.7. The van der Waals surface area contributed by atoms with Crippen LogP contribution in [0.25, 0.3) is 22.3 Å². The number of alkyl halides is 2. The first-order valence-corrected chi connectivity index (χ1v) is 23.0. The van der Waals surface area contributed by atoms with E-state index < -0.39 is 121 Å². The van der Waals surface area contributed by atoms with Gasteiger partial charge in [0.2, 0.25) is 11.9 Å². The maximum Gasteiger partial charge on any atom is 0.475 e. The molecule has 2 aliphatic heterocycles. The Morgan fingerprint density at radius 3 is 2.16 bits per heavy atom. The van der Waals surface area contributed by atoms with Crippen molar-refractivity contribution in [1.29, 1.82) is 10.5 Å². The number of aliphatic hydroxyl groups excluding tert-OH is 1. The molecule has 0 aliphatic carbocycles. The summed E-state index contributed by atoms with van der Waals surface area (Å²) in [6.45, 7) is -0.117. The van der Waals surface area contributed by atoms with E-state index in [0.717, 1.165) is 28.1 Å².